The Kier molecular flexibility index (Phi) is 8.05. The predicted molar refractivity (Wildman–Crippen MR) is 101 cm³/mol. The molecule has 5 N–H and O–H groups in total. The number of aliphatic hydroxyl groups excluding tert-OH is 1. The first-order valence-electron chi connectivity index (χ1n) is 8.67. The molecule has 0 spiro atoms. The van der Waals surface area contributed by atoms with Gasteiger partial charge in [0.25, 0.3) is 0 Å². The predicted octanol–water partition coefficient (Wildman–Crippen LogP) is 1.11. The van der Waals surface area contributed by atoms with E-state index >= 15 is 0 Å². The highest BCUT2D eigenvalue weighted by Gasteiger charge is 2.35. The van der Waals surface area contributed by atoms with E-state index in [-0.39, 0.29) is 6.54 Å². The zero-order valence-electron chi connectivity index (χ0n) is 16.2. The van der Waals surface area contributed by atoms with Crippen molar-refractivity contribution in [3.63, 3.8) is 0 Å². The van der Waals surface area contributed by atoms with Crippen LogP contribution in [0.3, 0.4) is 0 Å². The number of aliphatic hydroxyl groups is 1. The van der Waals surface area contributed by atoms with E-state index in [1.807, 2.05) is 52.0 Å². The Morgan fingerprint density at radius 3 is 2.23 bits per heavy atom. The summed E-state index contributed by atoms with van der Waals surface area (Å²) in [6.45, 7) is 7.51. The van der Waals surface area contributed by atoms with Crippen molar-refractivity contribution < 1.29 is 19.4 Å². The van der Waals surface area contributed by atoms with Crippen molar-refractivity contribution in [1.82, 2.24) is 10.6 Å². The highest BCUT2D eigenvalue weighted by molar-refractivity contribution is 5.86. The smallest absolute Gasteiger partial charge is 0.407 e. The molecule has 26 heavy (non-hydrogen) atoms. The maximum Gasteiger partial charge on any atom is 0.407 e. The van der Waals surface area contributed by atoms with Gasteiger partial charge in [0.2, 0.25) is 5.91 Å². The summed E-state index contributed by atoms with van der Waals surface area (Å²) < 4.78 is 4.61. The minimum absolute atomic E-state index is 0.0153. The number of aryl methyl sites for hydroxylation is 1. The van der Waals surface area contributed by atoms with Crippen molar-refractivity contribution in [2.75, 3.05) is 13.7 Å². The summed E-state index contributed by atoms with van der Waals surface area (Å²) in [5.41, 5.74) is 7.16. The summed E-state index contributed by atoms with van der Waals surface area (Å²) in [5, 5.41) is 15.6. The SMILES string of the molecule is COC(=O)N[C@H](C(=O)N[C@@H](Cc1ccc(C)cc1)[C@@H](O)CN)C(C)(C)C. The number of nitrogens with one attached hydrogen (secondary N) is 2. The summed E-state index contributed by atoms with van der Waals surface area (Å²) in [6, 6.07) is 6.46. The first-order chi connectivity index (χ1) is 12.1. The van der Waals surface area contributed by atoms with Gasteiger partial charge in [-0.2, -0.15) is 0 Å². The number of hydrogen-bond donors (Lipinski definition) is 4. The first-order valence-corrected chi connectivity index (χ1v) is 8.67. The molecule has 2 amide bonds. The molecule has 0 radical (unpaired) electrons. The molecule has 1 aromatic rings. The Labute approximate surface area is 155 Å². The molecule has 0 aromatic heterocycles. The molecule has 7 nitrogen and oxygen atoms in total. The lowest BCUT2D eigenvalue weighted by molar-refractivity contribution is -0.127. The second kappa shape index (κ2) is 9.54. The Morgan fingerprint density at radius 2 is 1.77 bits per heavy atom. The van der Waals surface area contributed by atoms with Crippen molar-refractivity contribution in [3.8, 4) is 0 Å². The molecular formula is C19H31N3O4. The lowest BCUT2D eigenvalue weighted by atomic mass is 9.85. The number of carbonyl (C=O) groups is 2. The van der Waals surface area contributed by atoms with Crippen LogP contribution in [0.15, 0.2) is 24.3 Å². The fourth-order valence-electron chi connectivity index (χ4n) is 2.54. The summed E-state index contributed by atoms with van der Waals surface area (Å²) in [7, 11) is 1.24. The van der Waals surface area contributed by atoms with E-state index in [0.29, 0.717) is 6.42 Å². The van der Waals surface area contributed by atoms with Crippen LogP contribution in [0, 0.1) is 12.3 Å². The highest BCUT2D eigenvalue weighted by Crippen LogP contribution is 2.20. The number of hydrogen-bond acceptors (Lipinski definition) is 5. The molecule has 0 saturated heterocycles. The van der Waals surface area contributed by atoms with Crippen LogP contribution in [0.2, 0.25) is 0 Å². The molecule has 0 fully saturated rings. The average molecular weight is 365 g/mol. The summed E-state index contributed by atoms with van der Waals surface area (Å²) in [6.07, 6.45) is -1.16. The summed E-state index contributed by atoms with van der Waals surface area (Å²) >= 11 is 0. The van der Waals surface area contributed by atoms with Gasteiger partial charge in [-0.3, -0.25) is 4.79 Å². The summed E-state index contributed by atoms with van der Waals surface area (Å²) in [5.74, 6) is -0.396. The van der Waals surface area contributed by atoms with E-state index in [0.717, 1.165) is 11.1 Å². The monoisotopic (exact) mass is 365 g/mol. The lowest BCUT2D eigenvalue weighted by Gasteiger charge is -2.32. The third kappa shape index (κ3) is 6.65. The van der Waals surface area contributed by atoms with Crippen LogP contribution < -0.4 is 16.4 Å². The number of methoxy groups -OCH3 is 1. The van der Waals surface area contributed by atoms with E-state index in [4.69, 9.17) is 5.73 Å². The molecule has 0 aliphatic heterocycles. The Bertz CT molecular complexity index is 596. The van der Waals surface area contributed by atoms with Crippen LogP contribution in [-0.4, -0.2) is 48.9 Å². The Morgan fingerprint density at radius 1 is 1.19 bits per heavy atom. The zero-order valence-corrected chi connectivity index (χ0v) is 16.2. The van der Waals surface area contributed by atoms with Crippen molar-refractivity contribution >= 4 is 12.0 Å². The fourth-order valence-corrected chi connectivity index (χ4v) is 2.54. The van der Waals surface area contributed by atoms with Crippen LogP contribution >= 0.6 is 0 Å². The van der Waals surface area contributed by atoms with Crippen LogP contribution in [-0.2, 0) is 16.0 Å². The zero-order chi connectivity index (χ0) is 19.9. The van der Waals surface area contributed by atoms with Gasteiger partial charge in [-0.25, -0.2) is 4.79 Å². The van der Waals surface area contributed by atoms with Gasteiger partial charge >= 0.3 is 6.09 Å². The van der Waals surface area contributed by atoms with Gasteiger partial charge in [0.15, 0.2) is 0 Å². The van der Waals surface area contributed by atoms with E-state index in [1.165, 1.54) is 7.11 Å². The minimum atomic E-state index is -0.904. The van der Waals surface area contributed by atoms with Crippen LogP contribution in [0.1, 0.15) is 31.9 Å². The molecule has 3 atom stereocenters. The van der Waals surface area contributed by atoms with Crippen molar-refractivity contribution in [1.29, 1.82) is 0 Å². The van der Waals surface area contributed by atoms with Crippen molar-refractivity contribution in [2.24, 2.45) is 11.1 Å². The standard InChI is InChI=1S/C19H31N3O4/c1-12-6-8-13(9-7-12)10-14(15(23)11-20)21-17(24)16(19(2,3)4)22-18(25)26-5/h6-9,14-16,23H,10-11,20H2,1-5H3,(H,21,24)(H,22,25)/t14-,15-,16+/m0/s1. The number of ether oxygens (including phenoxy) is 1. The molecule has 1 aromatic carbocycles. The Balaban J connectivity index is 2.94. The molecular weight excluding hydrogens is 334 g/mol. The largest absolute Gasteiger partial charge is 0.453 e. The molecule has 0 aliphatic carbocycles. The molecule has 1 rings (SSSR count). The van der Waals surface area contributed by atoms with Gasteiger partial charge < -0.3 is 26.2 Å². The molecule has 0 unspecified atom stereocenters. The average Bonchev–Trinajstić information content (AvgIpc) is 2.58. The van der Waals surface area contributed by atoms with Gasteiger partial charge in [0.1, 0.15) is 6.04 Å². The van der Waals surface area contributed by atoms with E-state index < -0.39 is 35.6 Å². The number of carbonyl (C=O) groups excluding carboxylic acids is 2. The normalized spacial score (nSPS) is 14.9. The minimum Gasteiger partial charge on any atom is -0.453 e. The maximum atomic E-state index is 12.8. The topological polar surface area (TPSA) is 114 Å². The molecule has 0 aliphatic rings. The fraction of sp³-hybridized carbons (Fsp3) is 0.579. The van der Waals surface area contributed by atoms with Gasteiger partial charge in [-0.15, -0.1) is 0 Å². The van der Waals surface area contributed by atoms with Gasteiger partial charge in [-0.1, -0.05) is 50.6 Å². The maximum absolute atomic E-state index is 12.8. The lowest BCUT2D eigenvalue weighted by Crippen LogP contribution is -2.58. The second-order valence-electron chi connectivity index (χ2n) is 7.54. The van der Waals surface area contributed by atoms with Gasteiger partial charge in [0.05, 0.1) is 19.3 Å². The van der Waals surface area contributed by atoms with Crippen LogP contribution in [0.25, 0.3) is 0 Å². The van der Waals surface area contributed by atoms with E-state index in [2.05, 4.69) is 15.4 Å². The third-order valence-corrected chi connectivity index (χ3v) is 4.19. The van der Waals surface area contributed by atoms with Gasteiger partial charge in [-0.05, 0) is 24.3 Å². The van der Waals surface area contributed by atoms with Crippen LogP contribution in [0.5, 0.6) is 0 Å². The summed E-state index contributed by atoms with van der Waals surface area (Å²) in [4.78, 5) is 24.4. The number of nitrogens with two attached hydrogens (primary N) is 1. The highest BCUT2D eigenvalue weighted by atomic mass is 16.5. The molecule has 7 heteroatoms. The van der Waals surface area contributed by atoms with Gasteiger partial charge in [0, 0.05) is 6.54 Å². The number of amides is 2. The van der Waals surface area contributed by atoms with Crippen molar-refractivity contribution in [2.45, 2.75) is 52.3 Å². The second-order valence-corrected chi connectivity index (χ2v) is 7.54. The quantitative estimate of drug-likeness (QED) is 0.578. The number of benzene rings is 1. The van der Waals surface area contributed by atoms with Crippen LogP contribution in [0.4, 0.5) is 4.79 Å². The third-order valence-electron chi connectivity index (χ3n) is 4.19. The van der Waals surface area contributed by atoms with Crippen molar-refractivity contribution in [3.05, 3.63) is 35.4 Å². The molecule has 0 saturated carbocycles. The molecule has 0 bridgehead atoms. The number of alkyl carbamates (subject to hydrolysis) is 1. The first kappa shape index (κ1) is 21.9. The van der Waals surface area contributed by atoms with E-state index in [1.54, 1.807) is 0 Å². The van der Waals surface area contributed by atoms with E-state index in [9.17, 15) is 14.7 Å². The Hall–Kier alpha value is -2.12. The molecule has 0 heterocycles. The molecule has 146 valence electrons. The number of rotatable bonds is 7.